The Labute approximate surface area is 144 Å². The smallest absolute Gasteiger partial charge is 0.240 e. The highest BCUT2D eigenvalue weighted by Gasteiger charge is 2.17. The molecule has 0 saturated heterocycles. The Balaban J connectivity index is 1.92. The number of benzene rings is 2. The van der Waals surface area contributed by atoms with Crippen molar-refractivity contribution in [3.63, 3.8) is 0 Å². The van der Waals surface area contributed by atoms with E-state index in [1.54, 1.807) is 62.6 Å². The van der Waals surface area contributed by atoms with E-state index >= 15 is 0 Å². The zero-order chi connectivity index (χ0) is 16.9. The number of ether oxygens (including phenoxy) is 2. The van der Waals surface area contributed by atoms with Crippen LogP contribution in [0, 0.1) is 0 Å². The van der Waals surface area contributed by atoms with Crippen LogP contribution in [0.15, 0.2) is 57.9 Å². The molecule has 1 N–H and O–H groups in total. The minimum absolute atomic E-state index is 0.219. The van der Waals surface area contributed by atoms with E-state index in [0.717, 1.165) is 10.2 Å². The molecule has 0 fully saturated rings. The summed E-state index contributed by atoms with van der Waals surface area (Å²) in [5.41, 5.74) is 0. The van der Waals surface area contributed by atoms with E-state index < -0.39 is 10.0 Å². The summed E-state index contributed by atoms with van der Waals surface area (Å²) in [5, 5.41) is 0. The first kappa shape index (κ1) is 17.8. The lowest BCUT2D eigenvalue weighted by Crippen LogP contribution is -2.36. The predicted molar refractivity (Wildman–Crippen MR) is 92.4 cm³/mol. The Kier molecular flexibility index (Phi) is 6.04. The number of hydrogen-bond donors (Lipinski definition) is 1. The predicted octanol–water partition coefficient (Wildman–Crippen LogP) is 3.20. The molecule has 5 nitrogen and oxygen atoms in total. The molecule has 0 aliphatic heterocycles. The standard InChI is InChI=1S/C16H18BrNO4S/c1-12(11-22-15-7-5-14(21-2)6-8-15)18-23(19,20)16-9-3-13(17)4-10-16/h3-10,12,18H,11H2,1-2H3/t12-/m0/s1. The van der Waals surface area contributed by atoms with E-state index in [9.17, 15) is 8.42 Å². The number of nitrogens with one attached hydrogen (secondary N) is 1. The topological polar surface area (TPSA) is 64.6 Å². The van der Waals surface area contributed by atoms with Gasteiger partial charge in [0.2, 0.25) is 10.0 Å². The fourth-order valence-corrected chi connectivity index (χ4v) is 3.37. The second-order valence-electron chi connectivity index (χ2n) is 4.96. The molecule has 0 aliphatic carbocycles. The molecule has 0 aliphatic rings. The lowest BCUT2D eigenvalue weighted by Gasteiger charge is -2.15. The van der Waals surface area contributed by atoms with Crippen LogP contribution >= 0.6 is 15.9 Å². The van der Waals surface area contributed by atoms with Gasteiger partial charge in [-0.2, -0.15) is 0 Å². The highest BCUT2D eigenvalue weighted by molar-refractivity contribution is 9.10. The summed E-state index contributed by atoms with van der Waals surface area (Å²) in [4.78, 5) is 0.219. The van der Waals surface area contributed by atoms with E-state index in [2.05, 4.69) is 20.7 Å². The van der Waals surface area contributed by atoms with Gasteiger partial charge in [0, 0.05) is 4.47 Å². The first-order chi connectivity index (χ1) is 10.9. The molecular formula is C16H18BrNO4S. The van der Waals surface area contributed by atoms with Crippen LogP contribution in [0.25, 0.3) is 0 Å². The van der Waals surface area contributed by atoms with Crippen LogP contribution in [0.1, 0.15) is 6.92 Å². The van der Waals surface area contributed by atoms with Crippen molar-refractivity contribution in [3.05, 3.63) is 53.0 Å². The lowest BCUT2D eigenvalue weighted by atomic mass is 10.3. The third kappa shape index (κ3) is 5.23. The van der Waals surface area contributed by atoms with Crippen molar-refractivity contribution in [2.75, 3.05) is 13.7 Å². The summed E-state index contributed by atoms with van der Waals surface area (Å²) < 4.78 is 38.6. The summed E-state index contributed by atoms with van der Waals surface area (Å²) in [6.07, 6.45) is 0. The van der Waals surface area contributed by atoms with Crippen molar-refractivity contribution in [1.29, 1.82) is 0 Å². The maximum atomic E-state index is 12.3. The normalized spacial score (nSPS) is 12.7. The fourth-order valence-electron chi connectivity index (χ4n) is 1.87. The van der Waals surface area contributed by atoms with Gasteiger partial charge in [0.1, 0.15) is 18.1 Å². The maximum absolute atomic E-state index is 12.3. The van der Waals surface area contributed by atoms with Crippen molar-refractivity contribution in [2.24, 2.45) is 0 Å². The molecule has 0 radical (unpaired) electrons. The van der Waals surface area contributed by atoms with Crippen LogP contribution in [0.5, 0.6) is 11.5 Å². The number of methoxy groups -OCH3 is 1. The number of halogens is 1. The van der Waals surface area contributed by atoms with E-state index in [4.69, 9.17) is 9.47 Å². The van der Waals surface area contributed by atoms with Crippen LogP contribution < -0.4 is 14.2 Å². The summed E-state index contributed by atoms with van der Waals surface area (Å²) >= 11 is 3.28. The van der Waals surface area contributed by atoms with Gasteiger partial charge in [-0.25, -0.2) is 13.1 Å². The molecule has 2 aromatic rings. The average molecular weight is 400 g/mol. The van der Waals surface area contributed by atoms with E-state index in [0.29, 0.717) is 5.75 Å². The molecule has 0 bridgehead atoms. The zero-order valence-corrected chi connectivity index (χ0v) is 15.2. The Morgan fingerprint density at radius 2 is 1.61 bits per heavy atom. The molecule has 0 aromatic heterocycles. The van der Waals surface area contributed by atoms with Crippen LogP contribution in [-0.2, 0) is 10.0 Å². The molecule has 1 atom stereocenters. The Hall–Kier alpha value is -1.57. The molecular weight excluding hydrogens is 382 g/mol. The first-order valence-electron chi connectivity index (χ1n) is 6.95. The van der Waals surface area contributed by atoms with Gasteiger partial charge in [-0.3, -0.25) is 0 Å². The van der Waals surface area contributed by atoms with Gasteiger partial charge in [-0.05, 0) is 55.5 Å². The summed E-state index contributed by atoms with van der Waals surface area (Å²) in [7, 11) is -1.97. The largest absolute Gasteiger partial charge is 0.497 e. The second-order valence-corrected chi connectivity index (χ2v) is 7.59. The molecule has 7 heteroatoms. The van der Waals surface area contributed by atoms with Crippen LogP contribution in [0.2, 0.25) is 0 Å². The molecule has 0 spiro atoms. The summed E-state index contributed by atoms with van der Waals surface area (Å²) in [6.45, 7) is 1.97. The molecule has 0 saturated carbocycles. The molecule has 0 heterocycles. The quantitative estimate of drug-likeness (QED) is 0.776. The number of sulfonamides is 1. The molecule has 2 aromatic carbocycles. The van der Waals surface area contributed by atoms with Crippen molar-refractivity contribution in [2.45, 2.75) is 17.9 Å². The van der Waals surface area contributed by atoms with Crippen molar-refractivity contribution in [3.8, 4) is 11.5 Å². The fraction of sp³-hybridized carbons (Fsp3) is 0.250. The first-order valence-corrected chi connectivity index (χ1v) is 9.23. The van der Waals surface area contributed by atoms with E-state index in [-0.39, 0.29) is 17.5 Å². The Morgan fingerprint density at radius 1 is 1.04 bits per heavy atom. The minimum Gasteiger partial charge on any atom is -0.497 e. The average Bonchev–Trinajstić information content (AvgIpc) is 2.53. The molecule has 124 valence electrons. The molecule has 23 heavy (non-hydrogen) atoms. The van der Waals surface area contributed by atoms with Crippen molar-refractivity contribution < 1.29 is 17.9 Å². The summed E-state index contributed by atoms with van der Waals surface area (Å²) in [5.74, 6) is 1.39. The number of hydrogen-bond acceptors (Lipinski definition) is 4. The highest BCUT2D eigenvalue weighted by atomic mass is 79.9. The summed E-state index contributed by atoms with van der Waals surface area (Å²) in [6, 6.07) is 13.2. The third-order valence-corrected chi connectivity index (χ3v) is 5.17. The van der Waals surface area contributed by atoms with Crippen LogP contribution in [0.4, 0.5) is 0 Å². The van der Waals surface area contributed by atoms with Crippen molar-refractivity contribution in [1.82, 2.24) is 4.72 Å². The SMILES string of the molecule is COc1ccc(OC[C@H](C)NS(=O)(=O)c2ccc(Br)cc2)cc1. The maximum Gasteiger partial charge on any atom is 0.240 e. The third-order valence-electron chi connectivity index (χ3n) is 3.04. The van der Waals surface area contributed by atoms with Gasteiger partial charge in [0.05, 0.1) is 18.0 Å². The van der Waals surface area contributed by atoms with Crippen molar-refractivity contribution >= 4 is 26.0 Å². The number of rotatable bonds is 7. The van der Waals surface area contributed by atoms with Gasteiger partial charge >= 0.3 is 0 Å². The van der Waals surface area contributed by atoms with Crippen LogP contribution in [0.3, 0.4) is 0 Å². The zero-order valence-electron chi connectivity index (χ0n) is 12.8. The van der Waals surface area contributed by atoms with Gasteiger partial charge < -0.3 is 9.47 Å². The second kappa shape index (κ2) is 7.81. The Bertz CT molecular complexity index is 730. The van der Waals surface area contributed by atoms with E-state index in [1.807, 2.05) is 0 Å². The van der Waals surface area contributed by atoms with E-state index in [1.165, 1.54) is 0 Å². The molecule has 2 rings (SSSR count). The Morgan fingerprint density at radius 3 is 2.17 bits per heavy atom. The molecule has 0 unspecified atom stereocenters. The monoisotopic (exact) mass is 399 g/mol. The van der Waals surface area contributed by atoms with Gasteiger partial charge in [0.25, 0.3) is 0 Å². The van der Waals surface area contributed by atoms with Gasteiger partial charge in [-0.1, -0.05) is 15.9 Å². The van der Waals surface area contributed by atoms with Gasteiger partial charge in [0.15, 0.2) is 0 Å². The minimum atomic E-state index is -3.56. The van der Waals surface area contributed by atoms with Crippen LogP contribution in [-0.4, -0.2) is 28.2 Å². The lowest BCUT2D eigenvalue weighted by molar-refractivity contribution is 0.287. The molecule has 0 amide bonds. The highest BCUT2D eigenvalue weighted by Crippen LogP contribution is 2.18. The van der Waals surface area contributed by atoms with Gasteiger partial charge in [-0.15, -0.1) is 0 Å².